The first-order valence-electron chi connectivity index (χ1n) is 21.7. The van der Waals surface area contributed by atoms with Crippen LogP contribution in [-0.4, -0.2) is 140 Å². The van der Waals surface area contributed by atoms with E-state index in [0.717, 1.165) is 32.1 Å². The van der Waals surface area contributed by atoms with Gasteiger partial charge in [0.25, 0.3) is 0 Å². The molecule has 2 bridgehead atoms. The first-order valence-corrected chi connectivity index (χ1v) is 21.7. The number of hydrogen-bond acceptors (Lipinski definition) is 13. The fourth-order valence-electron chi connectivity index (χ4n) is 15.2. The van der Waals surface area contributed by atoms with Crippen LogP contribution in [0.5, 0.6) is 0 Å². The van der Waals surface area contributed by atoms with E-state index in [1.54, 1.807) is 0 Å². The van der Waals surface area contributed by atoms with Crippen LogP contribution >= 0.6 is 0 Å². The molecule has 334 valence electrons. The maximum atomic E-state index is 15.6. The van der Waals surface area contributed by atoms with Gasteiger partial charge in [-0.15, -0.1) is 0 Å². The van der Waals surface area contributed by atoms with Gasteiger partial charge in [0.15, 0.2) is 24.8 Å². The second-order valence-electron chi connectivity index (χ2n) is 21.7. The SMILES string of the molecule is B[C@]12C(=O)C3C=C[C@]1(CC[C@H]1C(C)(C)C(OC4OC(C(=O)O)C(O)C(O)C4OC4OC(C(=O)O)C(O)C(O)C4O)CC[C@@]12C)[C@]1(C)CC[C@@]2(C)CC[C@](C)(C(=O)O)C[C@H]2C31. The van der Waals surface area contributed by atoms with Gasteiger partial charge in [0.1, 0.15) is 50.3 Å². The van der Waals surface area contributed by atoms with Crippen LogP contribution in [0, 0.1) is 56.2 Å². The lowest BCUT2D eigenvalue weighted by atomic mass is 9.19. The molecule has 16 nitrogen and oxygen atoms in total. The predicted octanol–water partition coefficient (Wildman–Crippen LogP) is 1.28. The van der Waals surface area contributed by atoms with Crippen molar-refractivity contribution in [3.63, 3.8) is 0 Å². The highest BCUT2D eigenvalue weighted by Crippen LogP contribution is 2.85. The zero-order chi connectivity index (χ0) is 44.1. The summed E-state index contributed by atoms with van der Waals surface area (Å²) in [5.41, 5.74) is -2.91. The monoisotopic (exact) mass is 846 g/mol. The van der Waals surface area contributed by atoms with Gasteiger partial charge in [0.2, 0.25) is 0 Å². The topological polar surface area (TPSA) is 267 Å². The molecule has 9 rings (SSSR count). The van der Waals surface area contributed by atoms with Gasteiger partial charge in [-0.1, -0.05) is 46.8 Å². The fourth-order valence-corrected chi connectivity index (χ4v) is 15.2. The van der Waals surface area contributed by atoms with Crippen molar-refractivity contribution in [1.29, 1.82) is 0 Å². The Bertz CT molecular complexity index is 1840. The molecule has 0 aromatic rings. The number of carboxylic acids is 3. The predicted molar refractivity (Wildman–Crippen MR) is 210 cm³/mol. The third-order valence-electron chi connectivity index (χ3n) is 19.0. The van der Waals surface area contributed by atoms with Crippen molar-refractivity contribution in [3.05, 3.63) is 12.2 Å². The summed E-state index contributed by atoms with van der Waals surface area (Å²) >= 11 is 0. The van der Waals surface area contributed by atoms with Gasteiger partial charge in [-0.25, -0.2) is 9.59 Å². The molecule has 5 saturated carbocycles. The minimum atomic E-state index is -2.05. The third kappa shape index (κ3) is 5.61. The summed E-state index contributed by atoms with van der Waals surface area (Å²) in [6.45, 7) is 12.8. The molecule has 21 atom stereocenters. The molecule has 0 aromatic heterocycles. The quantitative estimate of drug-likeness (QED) is 0.102. The number of carbonyl (C=O) groups excluding carboxylic acids is 1. The van der Waals surface area contributed by atoms with Crippen molar-refractivity contribution >= 4 is 31.5 Å². The Balaban J connectivity index is 1.10. The van der Waals surface area contributed by atoms with Crippen molar-refractivity contribution in [2.24, 2.45) is 56.2 Å². The van der Waals surface area contributed by atoms with Crippen LogP contribution in [0.25, 0.3) is 0 Å². The summed E-state index contributed by atoms with van der Waals surface area (Å²) in [4.78, 5) is 52.3. The van der Waals surface area contributed by atoms with Crippen molar-refractivity contribution in [1.82, 2.24) is 0 Å². The lowest BCUT2D eigenvalue weighted by Crippen LogP contribution is -2.76. The average molecular weight is 847 g/mol. The molecule has 7 fully saturated rings. The van der Waals surface area contributed by atoms with Crippen LogP contribution in [0.3, 0.4) is 0 Å². The largest absolute Gasteiger partial charge is 0.481 e. The molecule has 0 amide bonds. The first-order chi connectivity index (χ1) is 27.8. The summed E-state index contributed by atoms with van der Waals surface area (Å²) < 4.78 is 23.5. The van der Waals surface area contributed by atoms with Crippen LogP contribution in [0.4, 0.5) is 0 Å². The van der Waals surface area contributed by atoms with E-state index in [2.05, 4.69) is 40.8 Å². The highest BCUT2D eigenvalue weighted by molar-refractivity contribution is 6.32. The molecule has 2 heterocycles. The molecule has 7 aliphatic carbocycles. The van der Waals surface area contributed by atoms with E-state index in [1.807, 2.05) is 20.8 Å². The van der Waals surface area contributed by atoms with Crippen LogP contribution in [0.1, 0.15) is 99.3 Å². The van der Waals surface area contributed by atoms with Crippen LogP contribution in [-0.2, 0) is 38.1 Å². The van der Waals surface area contributed by atoms with Crippen LogP contribution in [0.2, 0.25) is 5.31 Å². The molecule has 1 spiro atoms. The number of hydrogen-bond donors (Lipinski definition) is 8. The summed E-state index contributed by atoms with van der Waals surface area (Å²) in [5.74, 6) is -4.20. The summed E-state index contributed by atoms with van der Waals surface area (Å²) in [5, 5.41) is 82.7. The standard InChI is InChI=1S/C43H63BO16/c1-37(2)20-8-12-42-11-7-18(22-19-17-39(4,36(55)56)14-13-38(19,3)15-16-41(22,42)6)31(50)43(42,44)40(20,5)10-9-21(37)57-35-30(26(48)25(47)29(59-35)33(53)54)60-34-27(49)23(45)24(46)28(58-34)32(51)52/h7,11,18-30,34-35,45-49H,8-10,12-17,44H2,1-6H3,(H,51,52)(H,53,54)(H,55,56)/t18?,19-,20-,21?,22?,23?,24?,25?,26?,27?,28?,29?,30?,34?,35?,38+,39-,40-,41+,42-,43-/m0/s1. The van der Waals surface area contributed by atoms with E-state index in [9.17, 15) is 55.2 Å². The van der Waals surface area contributed by atoms with E-state index >= 15 is 4.79 Å². The smallest absolute Gasteiger partial charge is 0.335 e. The van der Waals surface area contributed by atoms with E-state index < -0.39 is 112 Å². The molecule has 0 aromatic carbocycles. The molecule has 2 saturated heterocycles. The van der Waals surface area contributed by atoms with Crippen molar-refractivity contribution < 1.29 is 79.0 Å². The second kappa shape index (κ2) is 14.0. The normalized spacial score (nSPS) is 55.5. The lowest BCUT2D eigenvalue weighted by Gasteiger charge is -2.79. The number of aliphatic carboxylic acids is 3. The number of Topliss-reactive ketones (excluding diaryl/α,β-unsaturated/α-hetero) is 1. The maximum Gasteiger partial charge on any atom is 0.335 e. The van der Waals surface area contributed by atoms with Crippen molar-refractivity contribution in [3.8, 4) is 0 Å². The Morgan fingerprint density at radius 2 is 1.32 bits per heavy atom. The van der Waals surface area contributed by atoms with Crippen molar-refractivity contribution in [2.75, 3.05) is 0 Å². The van der Waals surface area contributed by atoms with Gasteiger partial charge >= 0.3 is 17.9 Å². The van der Waals surface area contributed by atoms with E-state index in [4.69, 9.17) is 18.9 Å². The van der Waals surface area contributed by atoms with Gasteiger partial charge in [-0.3, -0.25) is 9.59 Å². The molecule has 0 radical (unpaired) electrons. The lowest BCUT2D eigenvalue weighted by molar-refractivity contribution is -0.371. The molecule has 60 heavy (non-hydrogen) atoms. The molecule has 17 heteroatoms. The number of rotatable bonds is 7. The number of allylic oxidation sites excluding steroid dienone is 2. The zero-order valence-electron chi connectivity index (χ0n) is 35.5. The van der Waals surface area contributed by atoms with Gasteiger partial charge in [0.05, 0.1) is 11.5 Å². The van der Waals surface area contributed by atoms with E-state index in [-0.39, 0.29) is 40.3 Å². The first kappa shape index (κ1) is 44.1. The van der Waals surface area contributed by atoms with E-state index in [1.165, 1.54) is 0 Å². The van der Waals surface area contributed by atoms with Gasteiger partial charge in [0, 0.05) is 11.2 Å². The Labute approximate surface area is 350 Å². The molecule has 9 aliphatic rings. The Kier molecular flexibility index (Phi) is 10.3. The molecule has 8 N–H and O–H groups in total. The number of carboxylic acid groups (broad SMARTS) is 3. The fraction of sp³-hybridized carbons (Fsp3) is 0.860. The third-order valence-corrected chi connectivity index (χ3v) is 19.0. The minimum absolute atomic E-state index is 0.0137. The van der Waals surface area contributed by atoms with E-state index in [0.29, 0.717) is 25.7 Å². The van der Waals surface area contributed by atoms with Crippen LogP contribution in [0.15, 0.2) is 12.2 Å². The summed E-state index contributed by atoms with van der Waals surface area (Å²) in [7, 11) is 2.17. The Morgan fingerprint density at radius 1 is 0.717 bits per heavy atom. The molecule has 2 aliphatic heterocycles. The highest BCUT2D eigenvalue weighted by Gasteiger charge is 2.80. The molecule has 13 unspecified atom stereocenters. The number of ketones is 1. The minimum Gasteiger partial charge on any atom is -0.481 e. The number of ether oxygens (including phenoxy) is 4. The average Bonchev–Trinajstić information content (AvgIpc) is 3.17. The Hall–Kier alpha value is -2.48. The molecular weight excluding hydrogens is 783 g/mol. The number of aliphatic hydroxyl groups is 5. The van der Waals surface area contributed by atoms with Gasteiger partial charge in [-0.2, -0.15) is 0 Å². The van der Waals surface area contributed by atoms with Crippen LogP contribution < -0.4 is 0 Å². The highest BCUT2D eigenvalue weighted by atomic mass is 16.8. The summed E-state index contributed by atoms with van der Waals surface area (Å²) in [6, 6.07) is 0. The van der Waals surface area contributed by atoms with Gasteiger partial charge in [-0.05, 0) is 110 Å². The maximum absolute atomic E-state index is 15.6. The summed E-state index contributed by atoms with van der Waals surface area (Å²) in [6.07, 6.45) is -9.49. The van der Waals surface area contributed by atoms with Gasteiger partial charge < -0.3 is 59.8 Å². The zero-order valence-corrected chi connectivity index (χ0v) is 35.5. The number of aliphatic hydroxyl groups excluding tert-OH is 5. The molecular formula is C43H63BO16. The number of fused-ring (bicyclic) bond motifs is 2. The second-order valence-corrected chi connectivity index (χ2v) is 21.7. The van der Waals surface area contributed by atoms with Crippen molar-refractivity contribution in [2.45, 2.75) is 172 Å². The Morgan fingerprint density at radius 3 is 1.93 bits per heavy atom. The number of carbonyl (C=O) groups is 4.